The first-order valence-electron chi connectivity index (χ1n) is 12.7. The average Bonchev–Trinajstić information content (AvgIpc) is 3.47. The summed E-state index contributed by atoms with van der Waals surface area (Å²) in [6.07, 6.45) is 5.58. The van der Waals surface area contributed by atoms with Gasteiger partial charge in [-0.1, -0.05) is 55.5 Å². The van der Waals surface area contributed by atoms with E-state index in [9.17, 15) is 0 Å². The van der Waals surface area contributed by atoms with Crippen molar-refractivity contribution in [2.24, 2.45) is 5.92 Å². The second kappa shape index (κ2) is 10.4. The third kappa shape index (κ3) is 5.59. The zero-order valence-electron chi connectivity index (χ0n) is 20.5. The van der Waals surface area contributed by atoms with Crippen LogP contribution in [0.2, 0.25) is 0 Å². The highest BCUT2D eigenvalue weighted by Gasteiger charge is 2.30. The van der Waals surface area contributed by atoms with Gasteiger partial charge in [-0.25, -0.2) is 0 Å². The van der Waals surface area contributed by atoms with E-state index in [1.165, 1.54) is 54.0 Å². The number of anilines is 1. The van der Waals surface area contributed by atoms with Gasteiger partial charge in [0.25, 0.3) is 0 Å². The number of benzene rings is 2. The van der Waals surface area contributed by atoms with Gasteiger partial charge in [0.1, 0.15) is 10.0 Å². The fourth-order valence-corrected chi connectivity index (χ4v) is 5.99. The number of nitrogens with zero attached hydrogens (tertiary/aromatic N) is 4. The van der Waals surface area contributed by atoms with E-state index in [1.807, 2.05) is 0 Å². The van der Waals surface area contributed by atoms with Crippen LogP contribution in [0.5, 0.6) is 0 Å². The van der Waals surface area contributed by atoms with Crippen molar-refractivity contribution in [1.29, 1.82) is 0 Å². The van der Waals surface area contributed by atoms with Crippen LogP contribution in [0.4, 0.5) is 5.69 Å². The van der Waals surface area contributed by atoms with Crippen LogP contribution in [-0.2, 0) is 19.4 Å². The molecule has 2 aliphatic heterocycles. The van der Waals surface area contributed by atoms with E-state index in [2.05, 4.69) is 89.0 Å². The van der Waals surface area contributed by atoms with Crippen LogP contribution in [0.1, 0.15) is 58.8 Å². The molecule has 2 saturated heterocycles. The quantitative estimate of drug-likeness (QED) is 0.400. The van der Waals surface area contributed by atoms with Crippen LogP contribution < -0.4 is 4.90 Å². The van der Waals surface area contributed by atoms with Gasteiger partial charge in [0, 0.05) is 36.8 Å². The molecule has 4 nitrogen and oxygen atoms in total. The number of likely N-dealkylation sites (tertiary alicyclic amines) is 1. The monoisotopic (exact) mass is 472 g/mol. The van der Waals surface area contributed by atoms with Gasteiger partial charge < -0.3 is 4.90 Å². The first-order valence-corrected chi connectivity index (χ1v) is 13.5. The van der Waals surface area contributed by atoms with Gasteiger partial charge in [0.05, 0.1) is 0 Å². The van der Waals surface area contributed by atoms with E-state index in [0.717, 1.165) is 48.3 Å². The van der Waals surface area contributed by atoms with E-state index >= 15 is 0 Å². The summed E-state index contributed by atoms with van der Waals surface area (Å²) in [6.45, 7) is 13.3. The number of aromatic nitrogens is 2. The minimum atomic E-state index is 0.383. The van der Waals surface area contributed by atoms with Crippen molar-refractivity contribution >= 4 is 17.0 Å². The molecular formula is C29H36N4S. The van der Waals surface area contributed by atoms with Crippen molar-refractivity contribution in [2.75, 3.05) is 24.5 Å². The minimum Gasteiger partial charge on any atom is -0.345 e. The summed E-state index contributed by atoms with van der Waals surface area (Å²) in [5.74, 6) is 1.26. The predicted octanol–water partition coefficient (Wildman–Crippen LogP) is 6.37. The molecule has 0 spiro atoms. The molecule has 1 atom stereocenters. The Balaban J connectivity index is 1.16. The summed E-state index contributed by atoms with van der Waals surface area (Å²) in [5, 5.41) is 11.4. The van der Waals surface area contributed by atoms with E-state index in [0.29, 0.717) is 5.92 Å². The SMILES string of the molecule is C=C1CC(c2nnc(CCc3ccc(C)cc3)s2)CN1c1ccc(CN2CCC(C)CC2)cc1. The van der Waals surface area contributed by atoms with E-state index in [4.69, 9.17) is 0 Å². The zero-order chi connectivity index (χ0) is 23.5. The fourth-order valence-electron chi connectivity index (χ4n) is 5.06. The van der Waals surface area contributed by atoms with Crippen molar-refractivity contribution in [3.05, 3.63) is 87.5 Å². The summed E-state index contributed by atoms with van der Waals surface area (Å²) < 4.78 is 0. The molecule has 5 heteroatoms. The number of hydrogen-bond donors (Lipinski definition) is 0. The lowest BCUT2D eigenvalue weighted by molar-refractivity contribution is 0.185. The van der Waals surface area contributed by atoms with Gasteiger partial charge in [0.2, 0.25) is 0 Å². The highest BCUT2D eigenvalue weighted by molar-refractivity contribution is 7.11. The van der Waals surface area contributed by atoms with Gasteiger partial charge in [-0.15, -0.1) is 21.5 Å². The van der Waals surface area contributed by atoms with Crippen LogP contribution >= 0.6 is 11.3 Å². The molecule has 178 valence electrons. The van der Waals surface area contributed by atoms with Gasteiger partial charge in [-0.2, -0.15) is 0 Å². The molecule has 2 fully saturated rings. The van der Waals surface area contributed by atoms with Gasteiger partial charge in [-0.3, -0.25) is 4.90 Å². The van der Waals surface area contributed by atoms with Crippen LogP contribution in [-0.4, -0.2) is 34.7 Å². The van der Waals surface area contributed by atoms with Gasteiger partial charge >= 0.3 is 0 Å². The average molecular weight is 473 g/mol. The first kappa shape index (κ1) is 23.3. The molecule has 0 radical (unpaired) electrons. The number of allylic oxidation sites excluding steroid dienone is 1. The lowest BCUT2D eigenvalue weighted by Crippen LogP contribution is -2.32. The first-order chi connectivity index (χ1) is 16.5. The fraction of sp³-hybridized carbons (Fsp3) is 0.448. The topological polar surface area (TPSA) is 32.3 Å². The molecule has 2 aromatic carbocycles. The maximum atomic E-state index is 4.57. The molecule has 0 bridgehead atoms. The highest BCUT2D eigenvalue weighted by Crippen LogP contribution is 2.38. The Kier molecular flexibility index (Phi) is 7.12. The largest absolute Gasteiger partial charge is 0.345 e. The number of aryl methyl sites for hydroxylation is 3. The third-order valence-electron chi connectivity index (χ3n) is 7.38. The summed E-state index contributed by atoms with van der Waals surface area (Å²) in [7, 11) is 0. The van der Waals surface area contributed by atoms with Crippen LogP contribution in [0.3, 0.4) is 0 Å². The maximum Gasteiger partial charge on any atom is 0.122 e. The second-order valence-corrected chi connectivity index (χ2v) is 11.3. The summed E-state index contributed by atoms with van der Waals surface area (Å²) in [5.41, 5.74) is 6.49. The maximum absolute atomic E-state index is 4.57. The van der Waals surface area contributed by atoms with Crippen molar-refractivity contribution in [1.82, 2.24) is 15.1 Å². The molecular weight excluding hydrogens is 436 g/mol. The molecule has 3 aromatic rings. The Morgan fingerprint density at radius 2 is 1.65 bits per heavy atom. The number of rotatable bonds is 7. The van der Waals surface area contributed by atoms with Crippen molar-refractivity contribution in [3.8, 4) is 0 Å². The zero-order valence-corrected chi connectivity index (χ0v) is 21.4. The Labute approximate surface area is 208 Å². The van der Waals surface area contributed by atoms with Gasteiger partial charge in [-0.05, 0) is 74.9 Å². The standard InChI is InChI=1S/C29H36N4S/c1-21-4-6-24(7-5-21)10-13-28-30-31-29(34-28)26-18-23(3)33(20-26)27-11-8-25(9-12-27)19-32-16-14-22(2)15-17-32/h4-9,11-12,22,26H,3,10,13-20H2,1-2H3. The normalized spacial score (nSPS) is 19.8. The molecule has 1 unspecified atom stereocenters. The lowest BCUT2D eigenvalue weighted by atomic mass is 9.99. The van der Waals surface area contributed by atoms with Crippen molar-refractivity contribution < 1.29 is 0 Å². The summed E-state index contributed by atoms with van der Waals surface area (Å²) >= 11 is 1.78. The second-order valence-electron chi connectivity index (χ2n) is 10.2. The van der Waals surface area contributed by atoms with E-state index < -0.39 is 0 Å². The van der Waals surface area contributed by atoms with E-state index in [1.54, 1.807) is 11.3 Å². The molecule has 0 amide bonds. The van der Waals surface area contributed by atoms with Crippen molar-refractivity contribution in [2.45, 2.75) is 58.4 Å². The van der Waals surface area contributed by atoms with Gasteiger partial charge in [0.15, 0.2) is 0 Å². The molecule has 34 heavy (non-hydrogen) atoms. The van der Waals surface area contributed by atoms with E-state index in [-0.39, 0.29) is 0 Å². The summed E-state index contributed by atoms with van der Waals surface area (Å²) in [6, 6.07) is 17.9. The smallest absolute Gasteiger partial charge is 0.122 e. The van der Waals surface area contributed by atoms with Crippen LogP contribution in [0.25, 0.3) is 0 Å². The molecule has 0 aliphatic carbocycles. The predicted molar refractivity (Wildman–Crippen MR) is 142 cm³/mol. The molecule has 3 heterocycles. The number of hydrogen-bond acceptors (Lipinski definition) is 5. The Bertz CT molecular complexity index is 1090. The van der Waals surface area contributed by atoms with Crippen LogP contribution in [0.15, 0.2) is 60.8 Å². The highest BCUT2D eigenvalue weighted by atomic mass is 32.1. The lowest BCUT2D eigenvalue weighted by Gasteiger charge is -2.30. The summed E-state index contributed by atoms with van der Waals surface area (Å²) in [4.78, 5) is 4.95. The van der Waals surface area contributed by atoms with Crippen molar-refractivity contribution in [3.63, 3.8) is 0 Å². The molecule has 5 rings (SSSR count). The minimum absolute atomic E-state index is 0.383. The number of piperidine rings is 1. The molecule has 1 aromatic heterocycles. The molecule has 0 N–H and O–H groups in total. The Hall–Kier alpha value is -2.50. The Morgan fingerprint density at radius 3 is 2.38 bits per heavy atom. The molecule has 2 aliphatic rings. The third-order valence-corrected chi connectivity index (χ3v) is 8.52. The Morgan fingerprint density at radius 1 is 0.941 bits per heavy atom. The van der Waals surface area contributed by atoms with Crippen LogP contribution in [0, 0.1) is 12.8 Å². The molecule has 0 saturated carbocycles.